The van der Waals surface area contributed by atoms with Crippen molar-refractivity contribution in [3.8, 4) is 0 Å². The van der Waals surface area contributed by atoms with Crippen LogP contribution in [0.2, 0.25) is 0 Å². The van der Waals surface area contributed by atoms with Crippen LogP contribution in [0.25, 0.3) is 11.2 Å². The van der Waals surface area contributed by atoms with Crippen molar-refractivity contribution in [2.24, 2.45) is 19.2 Å². The summed E-state index contributed by atoms with van der Waals surface area (Å²) in [6, 6.07) is -0.110. The van der Waals surface area contributed by atoms with Crippen molar-refractivity contribution in [2.45, 2.75) is 26.8 Å². The second-order valence-electron chi connectivity index (χ2n) is 6.09. The normalized spacial score (nSPS) is 17.3. The van der Waals surface area contributed by atoms with Gasteiger partial charge in [0.2, 0.25) is 5.95 Å². The Morgan fingerprint density at radius 1 is 1.26 bits per heavy atom. The molecule has 122 valence electrons. The number of anilines is 1. The predicted molar refractivity (Wildman–Crippen MR) is 90.2 cm³/mol. The molecular weight excluding hydrogens is 296 g/mol. The molecule has 1 aliphatic rings. The van der Waals surface area contributed by atoms with Crippen molar-refractivity contribution in [3.63, 3.8) is 0 Å². The van der Waals surface area contributed by atoms with Gasteiger partial charge in [0.25, 0.3) is 5.56 Å². The van der Waals surface area contributed by atoms with Crippen LogP contribution < -0.4 is 16.3 Å². The van der Waals surface area contributed by atoms with Gasteiger partial charge in [-0.2, -0.15) is 10.1 Å². The van der Waals surface area contributed by atoms with Crippen molar-refractivity contribution in [2.75, 3.05) is 11.6 Å². The molecule has 8 heteroatoms. The molecule has 1 atom stereocenters. The summed E-state index contributed by atoms with van der Waals surface area (Å²) in [6.07, 6.45) is 0. The molecule has 3 rings (SSSR count). The average Bonchev–Trinajstić information content (AvgIpc) is 2.88. The largest absolute Gasteiger partial charge is 0.332 e. The van der Waals surface area contributed by atoms with E-state index in [-0.39, 0.29) is 11.6 Å². The number of hydrogen-bond donors (Lipinski definition) is 0. The Hall–Kier alpha value is -2.64. The highest BCUT2D eigenvalue weighted by atomic mass is 16.2. The van der Waals surface area contributed by atoms with Gasteiger partial charge in [0, 0.05) is 14.1 Å². The van der Waals surface area contributed by atoms with Crippen LogP contribution in [0.3, 0.4) is 0 Å². The van der Waals surface area contributed by atoms with Gasteiger partial charge in [0.05, 0.1) is 18.3 Å². The summed E-state index contributed by atoms with van der Waals surface area (Å²) in [7, 11) is 3.09. The molecule has 0 bridgehead atoms. The van der Waals surface area contributed by atoms with Gasteiger partial charge in [-0.25, -0.2) is 9.80 Å². The fourth-order valence-corrected chi connectivity index (χ4v) is 2.82. The molecule has 0 aromatic carbocycles. The first-order valence-electron chi connectivity index (χ1n) is 7.39. The number of aromatic nitrogens is 4. The average molecular weight is 316 g/mol. The highest BCUT2D eigenvalue weighted by Gasteiger charge is 2.30. The van der Waals surface area contributed by atoms with E-state index in [9.17, 15) is 9.59 Å². The van der Waals surface area contributed by atoms with E-state index in [1.54, 1.807) is 12.1 Å². The third kappa shape index (κ3) is 2.05. The maximum atomic E-state index is 12.6. The monoisotopic (exact) mass is 316 g/mol. The summed E-state index contributed by atoms with van der Waals surface area (Å²) in [5.41, 5.74) is 1.84. The fraction of sp³-hybridized carbons (Fsp3) is 0.467. The summed E-state index contributed by atoms with van der Waals surface area (Å²) in [6.45, 7) is 10.2. The van der Waals surface area contributed by atoms with E-state index < -0.39 is 5.69 Å². The molecule has 1 aliphatic heterocycles. The van der Waals surface area contributed by atoms with E-state index in [1.807, 2.05) is 25.3 Å². The second-order valence-corrected chi connectivity index (χ2v) is 6.09. The van der Waals surface area contributed by atoms with Crippen LogP contribution in [0.4, 0.5) is 5.95 Å². The molecular formula is C15H20N6O2. The molecule has 0 amide bonds. The minimum absolute atomic E-state index is 0.110. The summed E-state index contributed by atoms with van der Waals surface area (Å²) < 4.78 is 4.35. The van der Waals surface area contributed by atoms with Gasteiger partial charge in [-0.15, -0.1) is 0 Å². The predicted octanol–water partition coefficient (Wildman–Crippen LogP) is 0.767. The molecule has 0 saturated heterocycles. The molecule has 3 heterocycles. The summed E-state index contributed by atoms with van der Waals surface area (Å²) >= 11 is 0. The number of fused-ring (bicyclic) bond motifs is 3. The molecule has 0 aliphatic carbocycles. The van der Waals surface area contributed by atoms with Crippen LogP contribution in [-0.2, 0) is 14.1 Å². The fourth-order valence-electron chi connectivity index (χ4n) is 2.82. The number of aryl methyl sites for hydroxylation is 1. The van der Waals surface area contributed by atoms with E-state index in [0.29, 0.717) is 23.7 Å². The molecule has 0 saturated carbocycles. The van der Waals surface area contributed by atoms with Gasteiger partial charge in [0.1, 0.15) is 0 Å². The third-order valence-corrected chi connectivity index (χ3v) is 4.19. The lowest BCUT2D eigenvalue weighted by Gasteiger charge is -2.29. The first-order chi connectivity index (χ1) is 10.7. The molecule has 2 aromatic rings. The third-order valence-electron chi connectivity index (χ3n) is 4.19. The van der Waals surface area contributed by atoms with E-state index in [4.69, 9.17) is 0 Å². The van der Waals surface area contributed by atoms with E-state index in [2.05, 4.69) is 16.7 Å². The Bertz CT molecular complexity index is 974. The van der Waals surface area contributed by atoms with Crippen molar-refractivity contribution in [1.82, 2.24) is 18.7 Å². The molecule has 0 radical (unpaired) electrons. The minimum atomic E-state index is -0.394. The Morgan fingerprint density at radius 3 is 2.52 bits per heavy atom. The van der Waals surface area contributed by atoms with Crippen LogP contribution in [0, 0.1) is 0 Å². The maximum Gasteiger partial charge on any atom is 0.332 e. The first-order valence-corrected chi connectivity index (χ1v) is 7.39. The van der Waals surface area contributed by atoms with Crippen LogP contribution in [0.15, 0.2) is 26.8 Å². The van der Waals surface area contributed by atoms with Gasteiger partial charge in [-0.3, -0.25) is 18.5 Å². The van der Waals surface area contributed by atoms with Crippen LogP contribution >= 0.6 is 0 Å². The van der Waals surface area contributed by atoms with Gasteiger partial charge >= 0.3 is 5.69 Å². The molecule has 0 N–H and O–H groups in total. The number of imidazole rings is 1. The van der Waals surface area contributed by atoms with Gasteiger partial charge in [-0.05, 0) is 20.8 Å². The lowest BCUT2D eigenvalue weighted by atomic mass is 10.2. The standard InChI is InChI=1S/C15H20N6O2/c1-8(2)7-20-14-16-12-11(21(14)10(4)9(3)17-20)13(22)19(6)15(23)18(12)5/h10H,1,7H2,2-6H3. The van der Waals surface area contributed by atoms with Crippen LogP contribution in [0.1, 0.15) is 26.8 Å². The summed E-state index contributed by atoms with van der Waals surface area (Å²) in [4.78, 5) is 29.3. The van der Waals surface area contributed by atoms with E-state index in [0.717, 1.165) is 15.9 Å². The maximum absolute atomic E-state index is 12.6. The first kappa shape index (κ1) is 15.3. The number of nitrogens with zero attached hydrogens (tertiary/aromatic N) is 6. The van der Waals surface area contributed by atoms with Gasteiger partial charge in [-0.1, -0.05) is 12.2 Å². The molecule has 23 heavy (non-hydrogen) atoms. The number of rotatable bonds is 2. The van der Waals surface area contributed by atoms with Gasteiger partial charge in [0.15, 0.2) is 11.2 Å². The smallest absolute Gasteiger partial charge is 0.294 e. The van der Waals surface area contributed by atoms with E-state index >= 15 is 0 Å². The quantitative estimate of drug-likeness (QED) is 0.767. The zero-order valence-electron chi connectivity index (χ0n) is 14.0. The Balaban J connectivity index is 2.43. The zero-order valence-corrected chi connectivity index (χ0v) is 14.0. The van der Waals surface area contributed by atoms with E-state index in [1.165, 1.54) is 11.6 Å². The second kappa shape index (κ2) is 4.94. The lowest BCUT2D eigenvalue weighted by molar-refractivity contribution is 0.644. The van der Waals surface area contributed by atoms with Crippen molar-refractivity contribution in [1.29, 1.82) is 0 Å². The SMILES string of the molecule is C=C(C)CN1N=C(C)C(C)n2c1nc1c2c(=O)n(C)c(=O)n1C. The van der Waals surface area contributed by atoms with Crippen LogP contribution in [-0.4, -0.2) is 30.9 Å². The highest BCUT2D eigenvalue weighted by Crippen LogP contribution is 2.29. The molecule has 8 nitrogen and oxygen atoms in total. The molecule has 0 spiro atoms. The molecule has 2 aromatic heterocycles. The minimum Gasteiger partial charge on any atom is -0.294 e. The zero-order chi connectivity index (χ0) is 17.0. The van der Waals surface area contributed by atoms with Crippen molar-refractivity contribution >= 4 is 22.8 Å². The molecule has 0 fully saturated rings. The topological polar surface area (TPSA) is 77.4 Å². The number of hydrazone groups is 1. The van der Waals surface area contributed by atoms with Crippen molar-refractivity contribution in [3.05, 3.63) is 33.0 Å². The molecule has 1 unspecified atom stereocenters. The Labute approximate surface area is 133 Å². The summed E-state index contributed by atoms with van der Waals surface area (Å²) in [5.74, 6) is 0.555. The highest BCUT2D eigenvalue weighted by molar-refractivity contribution is 5.91. The van der Waals surface area contributed by atoms with Gasteiger partial charge < -0.3 is 0 Å². The lowest BCUT2D eigenvalue weighted by Crippen LogP contribution is -2.38. The summed E-state index contributed by atoms with van der Waals surface area (Å²) in [5, 5.41) is 6.28. The number of hydrogen-bond acceptors (Lipinski definition) is 5. The Kier molecular flexibility index (Phi) is 3.28. The Morgan fingerprint density at radius 2 is 1.91 bits per heavy atom. The van der Waals surface area contributed by atoms with Crippen LogP contribution in [0.5, 0.6) is 0 Å². The van der Waals surface area contributed by atoms with Crippen molar-refractivity contribution < 1.29 is 0 Å².